The van der Waals surface area contributed by atoms with Crippen LogP contribution in [0.5, 0.6) is 0 Å². The van der Waals surface area contributed by atoms with Gasteiger partial charge in [0.1, 0.15) is 0 Å². The van der Waals surface area contributed by atoms with E-state index in [0.717, 1.165) is 32.1 Å². The van der Waals surface area contributed by atoms with E-state index in [-0.39, 0.29) is 6.10 Å². The number of carbonyl (C=O) groups is 1. The summed E-state index contributed by atoms with van der Waals surface area (Å²) >= 11 is 0. The van der Waals surface area contributed by atoms with Crippen molar-refractivity contribution in [2.45, 2.75) is 38.2 Å². The first kappa shape index (κ1) is 10.8. The predicted octanol–water partition coefficient (Wildman–Crippen LogP) is 1.12. The third kappa shape index (κ3) is 2.88. The Kier molecular flexibility index (Phi) is 3.70. The first-order valence-corrected chi connectivity index (χ1v) is 4.65. The molecule has 0 heterocycles. The maximum absolute atomic E-state index is 10.6. The van der Waals surface area contributed by atoms with Gasteiger partial charge in [-0.05, 0) is 12.8 Å². The molecule has 1 aliphatic rings. The molecule has 0 aromatic heterocycles. The van der Waals surface area contributed by atoms with E-state index in [4.69, 9.17) is 21.1 Å². The molecule has 0 aliphatic heterocycles. The summed E-state index contributed by atoms with van der Waals surface area (Å²) in [7, 11) is 0. The Labute approximate surface area is 82.1 Å². The highest BCUT2D eigenvalue weighted by atomic mass is 16.7. The molecule has 0 aromatic carbocycles. The fourth-order valence-corrected chi connectivity index (χ4v) is 1.52. The summed E-state index contributed by atoms with van der Waals surface area (Å²) in [5.74, 6) is -0.594. The van der Waals surface area contributed by atoms with Crippen LogP contribution in [0.25, 0.3) is 0 Å². The first-order valence-electron chi connectivity index (χ1n) is 4.65. The van der Waals surface area contributed by atoms with Gasteiger partial charge in [-0.15, -0.1) is 5.06 Å². The standard InChI is InChI=1S/C8H15N3O3/c9-7(10)11(8(12)13)14-6-4-2-1-3-5-6/h6H,1-5H2,(H3,9,10)(H,12,13). The van der Waals surface area contributed by atoms with E-state index in [9.17, 15) is 4.79 Å². The maximum atomic E-state index is 10.6. The van der Waals surface area contributed by atoms with E-state index < -0.39 is 12.1 Å². The number of nitrogens with zero attached hydrogens (tertiary/aromatic N) is 1. The van der Waals surface area contributed by atoms with Crippen LogP contribution in [0.2, 0.25) is 0 Å². The molecule has 1 saturated carbocycles. The molecular formula is C8H15N3O3. The third-order valence-electron chi connectivity index (χ3n) is 2.20. The van der Waals surface area contributed by atoms with Crippen LogP contribution in [0.4, 0.5) is 4.79 Å². The zero-order valence-corrected chi connectivity index (χ0v) is 7.90. The Morgan fingerprint density at radius 1 is 1.43 bits per heavy atom. The van der Waals surface area contributed by atoms with Gasteiger partial charge in [-0.3, -0.25) is 10.2 Å². The smallest absolute Gasteiger partial charge is 0.439 e. The van der Waals surface area contributed by atoms with Gasteiger partial charge in [0, 0.05) is 0 Å². The second-order valence-corrected chi connectivity index (χ2v) is 3.33. The normalized spacial score (nSPS) is 17.7. The Morgan fingerprint density at radius 3 is 2.43 bits per heavy atom. The number of hydrogen-bond acceptors (Lipinski definition) is 3. The lowest BCUT2D eigenvalue weighted by molar-refractivity contribution is -0.134. The minimum absolute atomic E-state index is 0.122. The summed E-state index contributed by atoms with van der Waals surface area (Å²) in [6, 6.07) is 0. The quantitative estimate of drug-likeness (QED) is 0.354. The largest absolute Gasteiger partial charge is 0.463 e. The molecule has 0 bridgehead atoms. The highest BCUT2D eigenvalue weighted by molar-refractivity contribution is 5.88. The number of nitrogens with two attached hydrogens (primary N) is 1. The van der Waals surface area contributed by atoms with Crippen molar-refractivity contribution in [3.05, 3.63) is 0 Å². The van der Waals surface area contributed by atoms with Crippen molar-refractivity contribution in [1.82, 2.24) is 5.06 Å². The van der Waals surface area contributed by atoms with Crippen LogP contribution in [0, 0.1) is 5.41 Å². The van der Waals surface area contributed by atoms with Crippen molar-refractivity contribution in [3.63, 3.8) is 0 Å². The molecule has 6 nitrogen and oxygen atoms in total. The number of rotatable bonds is 2. The Bertz CT molecular complexity index is 212. The topological polar surface area (TPSA) is 99.6 Å². The van der Waals surface area contributed by atoms with Crippen LogP contribution in [0.3, 0.4) is 0 Å². The van der Waals surface area contributed by atoms with Crippen LogP contribution < -0.4 is 5.73 Å². The minimum Gasteiger partial charge on any atom is -0.463 e. The van der Waals surface area contributed by atoms with Gasteiger partial charge in [0.15, 0.2) is 0 Å². The van der Waals surface area contributed by atoms with E-state index in [1.807, 2.05) is 0 Å². The lowest BCUT2D eigenvalue weighted by atomic mass is 9.98. The van der Waals surface area contributed by atoms with Crippen LogP contribution >= 0.6 is 0 Å². The van der Waals surface area contributed by atoms with Gasteiger partial charge in [0.2, 0.25) is 5.96 Å². The average Bonchev–Trinajstić information content (AvgIpc) is 2.15. The van der Waals surface area contributed by atoms with Crippen LogP contribution in [-0.4, -0.2) is 28.3 Å². The van der Waals surface area contributed by atoms with Crippen LogP contribution in [0.15, 0.2) is 0 Å². The van der Waals surface area contributed by atoms with Crippen LogP contribution in [-0.2, 0) is 4.84 Å². The molecule has 1 rings (SSSR count). The number of nitrogens with one attached hydrogen (secondary N) is 1. The van der Waals surface area contributed by atoms with Gasteiger partial charge >= 0.3 is 6.09 Å². The molecule has 80 valence electrons. The fraction of sp³-hybridized carbons (Fsp3) is 0.750. The van der Waals surface area contributed by atoms with E-state index in [1.165, 1.54) is 0 Å². The highest BCUT2D eigenvalue weighted by Crippen LogP contribution is 2.21. The highest BCUT2D eigenvalue weighted by Gasteiger charge is 2.23. The van der Waals surface area contributed by atoms with Crippen molar-refractivity contribution < 1.29 is 14.7 Å². The maximum Gasteiger partial charge on any atom is 0.439 e. The van der Waals surface area contributed by atoms with Crippen molar-refractivity contribution in [2.75, 3.05) is 0 Å². The average molecular weight is 201 g/mol. The summed E-state index contributed by atoms with van der Waals surface area (Å²) in [4.78, 5) is 15.7. The third-order valence-corrected chi connectivity index (χ3v) is 2.20. The monoisotopic (exact) mass is 201 g/mol. The minimum atomic E-state index is -1.34. The Morgan fingerprint density at radius 2 is 2.00 bits per heavy atom. The van der Waals surface area contributed by atoms with E-state index in [0.29, 0.717) is 5.06 Å². The number of amides is 1. The van der Waals surface area contributed by atoms with Gasteiger partial charge in [-0.1, -0.05) is 19.3 Å². The lowest BCUT2D eigenvalue weighted by Gasteiger charge is -2.26. The Balaban J connectivity index is 2.45. The SMILES string of the molecule is N=C(N)N(OC1CCCCC1)C(=O)O. The van der Waals surface area contributed by atoms with Crippen molar-refractivity contribution in [2.24, 2.45) is 5.73 Å². The number of hydrogen-bond donors (Lipinski definition) is 3. The molecule has 1 aliphatic carbocycles. The van der Waals surface area contributed by atoms with Gasteiger partial charge in [0.05, 0.1) is 6.10 Å². The lowest BCUT2D eigenvalue weighted by Crippen LogP contribution is -2.43. The first-order chi connectivity index (χ1) is 6.61. The van der Waals surface area contributed by atoms with E-state index >= 15 is 0 Å². The molecule has 0 aromatic rings. The molecular weight excluding hydrogens is 186 g/mol. The van der Waals surface area contributed by atoms with Gasteiger partial charge < -0.3 is 10.8 Å². The van der Waals surface area contributed by atoms with Gasteiger partial charge in [-0.2, -0.15) is 0 Å². The zero-order chi connectivity index (χ0) is 10.6. The number of hydroxylamine groups is 2. The predicted molar refractivity (Wildman–Crippen MR) is 49.7 cm³/mol. The zero-order valence-electron chi connectivity index (χ0n) is 7.90. The molecule has 4 N–H and O–H groups in total. The summed E-state index contributed by atoms with van der Waals surface area (Å²) < 4.78 is 0. The van der Waals surface area contributed by atoms with Crippen molar-refractivity contribution in [1.29, 1.82) is 5.41 Å². The molecule has 1 fully saturated rings. The molecule has 0 atom stereocenters. The molecule has 1 amide bonds. The second kappa shape index (κ2) is 4.80. The number of carboxylic acid groups (broad SMARTS) is 1. The van der Waals surface area contributed by atoms with E-state index in [1.54, 1.807) is 0 Å². The molecule has 6 heteroatoms. The molecule has 0 spiro atoms. The molecule has 0 radical (unpaired) electrons. The van der Waals surface area contributed by atoms with Gasteiger partial charge in [-0.25, -0.2) is 4.79 Å². The summed E-state index contributed by atoms with van der Waals surface area (Å²) in [6.07, 6.45) is 3.43. The number of guanidine groups is 1. The second-order valence-electron chi connectivity index (χ2n) is 3.33. The summed E-state index contributed by atoms with van der Waals surface area (Å²) in [5, 5.41) is 16.1. The molecule has 0 saturated heterocycles. The summed E-state index contributed by atoms with van der Waals surface area (Å²) in [5.41, 5.74) is 5.06. The molecule has 14 heavy (non-hydrogen) atoms. The molecule has 0 unspecified atom stereocenters. The van der Waals surface area contributed by atoms with E-state index in [2.05, 4.69) is 0 Å². The Hall–Kier alpha value is -1.30. The summed E-state index contributed by atoms with van der Waals surface area (Å²) in [6.45, 7) is 0. The van der Waals surface area contributed by atoms with Crippen LogP contribution in [0.1, 0.15) is 32.1 Å². The van der Waals surface area contributed by atoms with Crippen molar-refractivity contribution >= 4 is 12.1 Å². The van der Waals surface area contributed by atoms with Gasteiger partial charge in [0.25, 0.3) is 0 Å². The fourth-order valence-electron chi connectivity index (χ4n) is 1.52. The van der Waals surface area contributed by atoms with Crippen molar-refractivity contribution in [3.8, 4) is 0 Å².